The predicted molar refractivity (Wildman–Crippen MR) is 135 cm³/mol. The second-order valence-corrected chi connectivity index (χ2v) is 11.6. The molecular formula is C25H33BrN2O4S. The number of carbonyl (C=O) groups excluding carboxylic acids is 1. The van der Waals surface area contributed by atoms with Crippen LogP contribution in [0.1, 0.15) is 44.2 Å². The summed E-state index contributed by atoms with van der Waals surface area (Å²) < 4.78 is 33.6. The molecule has 1 fully saturated rings. The first kappa shape index (κ1) is 25.7. The summed E-state index contributed by atoms with van der Waals surface area (Å²) >= 11 is 3.38. The predicted octanol–water partition coefficient (Wildman–Crippen LogP) is 4.53. The van der Waals surface area contributed by atoms with Crippen molar-refractivity contribution >= 4 is 31.9 Å². The van der Waals surface area contributed by atoms with E-state index >= 15 is 0 Å². The van der Waals surface area contributed by atoms with Gasteiger partial charge in [0.25, 0.3) is 0 Å². The standard InChI is InChI=1S/C25H33BrN2O4S/c1-19(2)32-24-10-8-20(9-11-24)6-4-14-27-25(29)22-12-15-28(16-13-22)33(30,31)18-21-5-3-7-23(26)17-21/h3,5,7-11,17,19,22H,4,6,12-16,18H2,1-2H3,(H,27,29). The number of aryl methyl sites for hydroxylation is 1. The second-order valence-electron chi connectivity index (χ2n) is 8.76. The van der Waals surface area contributed by atoms with Gasteiger partial charge in [0.2, 0.25) is 15.9 Å². The molecule has 0 unspecified atom stereocenters. The van der Waals surface area contributed by atoms with E-state index in [1.54, 1.807) is 0 Å². The molecule has 0 aliphatic carbocycles. The van der Waals surface area contributed by atoms with E-state index in [4.69, 9.17) is 4.74 Å². The number of rotatable bonds is 10. The van der Waals surface area contributed by atoms with Gasteiger partial charge in [0.05, 0.1) is 11.9 Å². The molecule has 3 rings (SSSR count). The minimum absolute atomic E-state index is 0.0200. The van der Waals surface area contributed by atoms with Crippen molar-refractivity contribution in [3.05, 3.63) is 64.1 Å². The number of hydrogen-bond donors (Lipinski definition) is 1. The Morgan fingerprint density at radius 3 is 2.45 bits per heavy atom. The van der Waals surface area contributed by atoms with Crippen molar-refractivity contribution in [2.45, 2.75) is 51.4 Å². The highest BCUT2D eigenvalue weighted by Crippen LogP contribution is 2.23. The summed E-state index contributed by atoms with van der Waals surface area (Å²) in [6, 6.07) is 15.4. The first-order valence-corrected chi connectivity index (χ1v) is 13.9. The smallest absolute Gasteiger partial charge is 0.223 e. The third-order valence-electron chi connectivity index (χ3n) is 5.69. The lowest BCUT2D eigenvalue weighted by Gasteiger charge is -2.30. The monoisotopic (exact) mass is 536 g/mol. The van der Waals surface area contributed by atoms with Crippen LogP contribution < -0.4 is 10.1 Å². The summed E-state index contributed by atoms with van der Waals surface area (Å²) in [5.74, 6) is 0.745. The van der Waals surface area contributed by atoms with Crippen LogP contribution in [0.25, 0.3) is 0 Å². The maximum absolute atomic E-state index is 12.8. The van der Waals surface area contributed by atoms with Crippen molar-refractivity contribution in [3.63, 3.8) is 0 Å². The number of benzene rings is 2. The largest absolute Gasteiger partial charge is 0.491 e. The van der Waals surface area contributed by atoms with Gasteiger partial charge in [0, 0.05) is 30.0 Å². The number of piperidine rings is 1. The van der Waals surface area contributed by atoms with Crippen molar-refractivity contribution in [2.24, 2.45) is 5.92 Å². The average Bonchev–Trinajstić information content (AvgIpc) is 2.77. The SMILES string of the molecule is CC(C)Oc1ccc(CCCNC(=O)C2CCN(S(=O)(=O)Cc3cccc(Br)c3)CC2)cc1. The van der Waals surface area contributed by atoms with Crippen LogP contribution in [0, 0.1) is 5.92 Å². The van der Waals surface area contributed by atoms with E-state index in [2.05, 4.69) is 33.4 Å². The van der Waals surface area contributed by atoms with E-state index in [0.29, 0.717) is 32.5 Å². The quantitative estimate of drug-likeness (QED) is 0.452. The Labute approximate surface area is 205 Å². The molecule has 0 spiro atoms. The highest BCUT2D eigenvalue weighted by molar-refractivity contribution is 9.10. The van der Waals surface area contributed by atoms with Gasteiger partial charge in [-0.15, -0.1) is 0 Å². The molecule has 8 heteroatoms. The summed E-state index contributed by atoms with van der Waals surface area (Å²) in [5.41, 5.74) is 1.97. The van der Waals surface area contributed by atoms with E-state index in [0.717, 1.165) is 28.6 Å². The Morgan fingerprint density at radius 2 is 1.82 bits per heavy atom. The molecule has 1 heterocycles. The first-order valence-electron chi connectivity index (χ1n) is 11.5. The van der Waals surface area contributed by atoms with Crippen molar-refractivity contribution in [1.29, 1.82) is 0 Å². The topological polar surface area (TPSA) is 75.7 Å². The zero-order valence-corrected chi connectivity index (χ0v) is 21.7. The number of carbonyl (C=O) groups is 1. The molecule has 1 amide bonds. The molecule has 6 nitrogen and oxygen atoms in total. The average molecular weight is 538 g/mol. The molecule has 180 valence electrons. The molecule has 1 N–H and O–H groups in total. The van der Waals surface area contributed by atoms with Crippen LogP contribution >= 0.6 is 15.9 Å². The normalized spacial score (nSPS) is 15.5. The van der Waals surface area contributed by atoms with Gasteiger partial charge in [-0.1, -0.05) is 40.2 Å². The third kappa shape index (κ3) is 8.12. The van der Waals surface area contributed by atoms with Gasteiger partial charge in [0.1, 0.15) is 5.75 Å². The molecule has 0 atom stereocenters. The van der Waals surface area contributed by atoms with E-state index in [1.807, 2.05) is 50.2 Å². The Hall–Kier alpha value is -1.90. The number of amides is 1. The number of halogens is 1. The number of ether oxygens (including phenoxy) is 1. The molecule has 1 aliphatic rings. The maximum atomic E-state index is 12.8. The highest BCUT2D eigenvalue weighted by atomic mass is 79.9. The fourth-order valence-electron chi connectivity index (χ4n) is 3.98. The summed E-state index contributed by atoms with van der Waals surface area (Å²) in [6.45, 7) is 5.40. The van der Waals surface area contributed by atoms with Gasteiger partial charge in [-0.3, -0.25) is 4.79 Å². The molecule has 33 heavy (non-hydrogen) atoms. The van der Waals surface area contributed by atoms with Gasteiger partial charge >= 0.3 is 0 Å². The minimum Gasteiger partial charge on any atom is -0.491 e. The van der Waals surface area contributed by atoms with E-state index < -0.39 is 10.0 Å². The molecule has 1 saturated heterocycles. The number of nitrogens with zero attached hydrogens (tertiary/aromatic N) is 1. The van der Waals surface area contributed by atoms with Crippen LogP contribution in [0.4, 0.5) is 0 Å². The first-order chi connectivity index (χ1) is 15.7. The van der Waals surface area contributed by atoms with E-state index in [1.165, 1.54) is 9.87 Å². The zero-order valence-electron chi connectivity index (χ0n) is 19.3. The van der Waals surface area contributed by atoms with Gasteiger partial charge in [-0.05, 0) is 74.9 Å². The Bertz CT molecular complexity index is 1020. The molecule has 2 aromatic rings. The highest BCUT2D eigenvalue weighted by Gasteiger charge is 2.31. The molecule has 0 aromatic heterocycles. The van der Waals surface area contributed by atoms with Crippen LogP contribution in [-0.2, 0) is 27.0 Å². The minimum atomic E-state index is -3.39. The van der Waals surface area contributed by atoms with Gasteiger partial charge in [-0.2, -0.15) is 0 Å². The summed E-state index contributed by atoms with van der Waals surface area (Å²) in [5, 5.41) is 3.02. The molecule has 1 aliphatic heterocycles. The van der Waals surface area contributed by atoms with Crippen LogP contribution in [0.3, 0.4) is 0 Å². The van der Waals surface area contributed by atoms with Crippen LogP contribution in [0.5, 0.6) is 5.75 Å². The molecule has 0 saturated carbocycles. The van der Waals surface area contributed by atoms with Crippen LogP contribution in [-0.4, -0.2) is 44.4 Å². The fourth-order valence-corrected chi connectivity index (χ4v) is 5.98. The number of sulfonamides is 1. The zero-order chi connectivity index (χ0) is 23.8. The lowest BCUT2D eigenvalue weighted by Crippen LogP contribution is -2.43. The van der Waals surface area contributed by atoms with Gasteiger partial charge in [-0.25, -0.2) is 12.7 Å². The number of nitrogens with one attached hydrogen (secondary N) is 1. The van der Waals surface area contributed by atoms with E-state index in [9.17, 15) is 13.2 Å². The molecule has 0 radical (unpaired) electrons. The third-order valence-corrected chi connectivity index (χ3v) is 8.04. The lowest BCUT2D eigenvalue weighted by molar-refractivity contribution is -0.126. The summed E-state index contributed by atoms with van der Waals surface area (Å²) in [6.07, 6.45) is 3.01. The lowest BCUT2D eigenvalue weighted by atomic mass is 9.97. The van der Waals surface area contributed by atoms with Crippen molar-refractivity contribution in [3.8, 4) is 5.75 Å². The van der Waals surface area contributed by atoms with Gasteiger partial charge in [0.15, 0.2) is 0 Å². The molecule has 0 bridgehead atoms. The Balaban J connectivity index is 1.37. The van der Waals surface area contributed by atoms with Gasteiger partial charge < -0.3 is 10.1 Å². The van der Waals surface area contributed by atoms with Crippen molar-refractivity contribution < 1.29 is 17.9 Å². The Kier molecular flexibility index (Phi) is 9.35. The summed E-state index contributed by atoms with van der Waals surface area (Å²) in [7, 11) is -3.39. The van der Waals surface area contributed by atoms with Crippen molar-refractivity contribution in [1.82, 2.24) is 9.62 Å². The van der Waals surface area contributed by atoms with Crippen LogP contribution in [0.2, 0.25) is 0 Å². The Morgan fingerprint density at radius 1 is 1.12 bits per heavy atom. The molecule has 2 aromatic carbocycles. The van der Waals surface area contributed by atoms with E-state index in [-0.39, 0.29) is 23.7 Å². The second kappa shape index (κ2) is 12.0. The maximum Gasteiger partial charge on any atom is 0.223 e. The van der Waals surface area contributed by atoms with Crippen molar-refractivity contribution in [2.75, 3.05) is 19.6 Å². The summed E-state index contributed by atoms with van der Waals surface area (Å²) in [4.78, 5) is 12.5. The van der Waals surface area contributed by atoms with Crippen LogP contribution in [0.15, 0.2) is 53.0 Å². The molecular weight excluding hydrogens is 504 g/mol. The number of hydrogen-bond acceptors (Lipinski definition) is 4. The fraction of sp³-hybridized carbons (Fsp3) is 0.480.